The topological polar surface area (TPSA) is 41.1 Å². The molecule has 0 atom stereocenters. The molecule has 0 aliphatic carbocycles. The second-order valence-corrected chi connectivity index (χ2v) is 6.70. The molecule has 0 aliphatic rings. The molecule has 0 saturated carbocycles. The van der Waals surface area contributed by atoms with Gasteiger partial charge in [0.05, 0.1) is 0 Å². The predicted octanol–water partition coefficient (Wildman–Crippen LogP) is 4.96. The first-order chi connectivity index (χ1) is 10.3. The summed E-state index contributed by atoms with van der Waals surface area (Å²) in [5, 5.41) is 6.33. The predicted molar refractivity (Wildman–Crippen MR) is 92.5 cm³/mol. The van der Waals surface area contributed by atoms with Gasteiger partial charge in [-0.2, -0.15) is 0 Å². The fourth-order valence-electron chi connectivity index (χ4n) is 2.01. The van der Waals surface area contributed by atoms with Crippen molar-refractivity contribution in [2.45, 2.75) is 32.7 Å². The van der Waals surface area contributed by atoms with E-state index in [0.717, 1.165) is 11.3 Å². The molecule has 2 N–H and O–H groups in total. The summed E-state index contributed by atoms with van der Waals surface area (Å²) < 4.78 is 0. The summed E-state index contributed by atoms with van der Waals surface area (Å²) in [6.07, 6.45) is 0. The molecule has 0 bridgehead atoms. The largest absolute Gasteiger partial charge is 0.334 e. The number of anilines is 1. The lowest BCUT2D eigenvalue weighted by atomic mass is 9.87. The van der Waals surface area contributed by atoms with Crippen LogP contribution < -0.4 is 10.6 Å². The molecular weight excluding hydrogens is 296 g/mol. The van der Waals surface area contributed by atoms with E-state index in [4.69, 9.17) is 11.6 Å². The minimum absolute atomic E-state index is 0.107. The van der Waals surface area contributed by atoms with Crippen molar-refractivity contribution in [1.82, 2.24) is 5.32 Å². The van der Waals surface area contributed by atoms with Crippen molar-refractivity contribution in [3.8, 4) is 0 Å². The summed E-state index contributed by atoms with van der Waals surface area (Å²) >= 11 is 5.83. The number of hydrogen-bond donors (Lipinski definition) is 2. The molecule has 0 spiro atoms. The first-order valence-corrected chi connectivity index (χ1v) is 7.62. The Hall–Kier alpha value is -2.00. The first kappa shape index (κ1) is 16.4. The SMILES string of the molecule is CC(C)(C)c1ccc(NC(=O)NCc2ccc(Cl)cc2)cc1. The van der Waals surface area contributed by atoms with Crippen molar-refractivity contribution in [2.75, 3.05) is 5.32 Å². The lowest BCUT2D eigenvalue weighted by Crippen LogP contribution is -2.28. The molecule has 0 aliphatic heterocycles. The van der Waals surface area contributed by atoms with Crippen LogP contribution >= 0.6 is 11.6 Å². The van der Waals surface area contributed by atoms with E-state index in [1.807, 2.05) is 48.5 Å². The molecule has 2 rings (SSSR count). The molecule has 0 radical (unpaired) electrons. The summed E-state index contributed by atoms with van der Waals surface area (Å²) in [5.41, 5.74) is 3.12. The van der Waals surface area contributed by atoms with Crippen LogP contribution in [-0.2, 0) is 12.0 Å². The van der Waals surface area contributed by atoms with Crippen molar-refractivity contribution in [2.24, 2.45) is 0 Å². The number of halogens is 1. The fraction of sp³-hybridized carbons (Fsp3) is 0.278. The molecule has 116 valence electrons. The van der Waals surface area contributed by atoms with Gasteiger partial charge >= 0.3 is 6.03 Å². The molecule has 2 amide bonds. The highest BCUT2D eigenvalue weighted by Gasteiger charge is 2.13. The molecule has 22 heavy (non-hydrogen) atoms. The summed E-state index contributed by atoms with van der Waals surface area (Å²) in [6, 6.07) is 15.1. The highest BCUT2D eigenvalue weighted by molar-refractivity contribution is 6.30. The van der Waals surface area contributed by atoms with Crippen molar-refractivity contribution >= 4 is 23.3 Å². The van der Waals surface area contributed by atoms with Crippen LogP contribution in [0.3, 0.4) is 0 Å². The van der Waals surface area contributed by atoms with Crippen molar-refractivity contribution in [1.29, 1.82) is 0 Å². The van der Waals surface area contributed by atoms with Gasteiger partial charge in [0.1, 0.15) is 0 Å². The van der Waals surface area contributed by atoms with Crippen LogP contribution in [-0.4, -0.2) is 6.03 Å². The van der Waals surface area contributed by atoms with Crippen LogP contribution in [0, 0.1) is 0 Å². The van der Waals surface area contributed by atoms with Gasteiger partial charge in [0.15, 0.2) is 0 Å². The van der Waals surface area contributed by atoms with Crippen molar-refractivity contribution < 1.29 is 4.79 Å². The van der Waals surface area contributed by atoms with E-state index in [9.17, 15) is 4.79 Å². The Morgan fingerprint density at radius 1 is 1.00 bits per heavy atom. The zero-order chi connectivity index (χ0) is 16.2. The number of nitrogens with one attached hydrogen (secondary N) is 2. The lowest BCUT2D eigenvalue weighted by Gasteiger charge is -2.19. The molecule has 0 aromatic heterocycles. The van der Waals surface area contributed by atoms with Gasteiger partial charge in [0.25, 0.3) is 0 Å². The van der Waals surface area contributed by atoms with Crippen LogP contribution in [0.2, 0.25) is 5.02 Å². The van der Waals surface area contributed by atoms with Crippen molar-refractivity contribution in [3.63, 3.8) is 0 Å². The Labute approximate surface area is 136 Å². The monoisotopic (exact) mass is 316 g/mol. The normalized spacial score (nSPS) is 11.1. The minimum atomic E-state index is -0.224. The van der Waals surface area contributed by atoms with Crippen LogP contribution in [0.5, 0.6) is 0 Å². The molecule has 0 heterocycles. The first-order valence-electron chi connectivity index (χ1n) is 7.24. The lowest BCUT2D eigenvalue weighted by molar-refractivity contribution is 0.251. The quantitative estimate of drug-likeness (QED) is 0.825. The highest BCUT2D eigenvalue weighted by Crippen LogP contribution is 2.23. The van der Waals surface area contributed by atoms with E-state index in [1.165, 1.54) is 5.56 Å². The maximum absolute atomic E-state index is 11.9. The van der Waals surface area contributed by atoms with E-state index in [2.05, 4.69) is 31.4 Å². The number of amides is 2. The van der Waals surface area contributed by atoms with E-state index in [-0.39, 0.29) is 11.4 Å². The van der Waals surface area contributed by atoms with Gasteiger partial charge in [-0.1, -0.05) is 56.6 Å². The third-order valence-corrected chi connectivity index (χ3v) is 3.63. The Bertz CT molecular complexity index is 628. The standard InChI is InChI=1S/C18H21ClN2O/c1-18(2,3)14-6-10-16(11-7-14)21-17(22)20-12-13-4-8-15(19)9-5-13/h4-11H,12H2,1-3H3,(H2,20,21,22). The number of rotatable bonds is 3. The van der Waals surface area contributed by atoms with E-state index in [1.54, 1.807) is 0 Å². The zero-order valence-corrected chi connectivity index (χ0v) is 13.9. The average Bonchev–Trinajstić information content (AvgIpc) is 2.46. The van der Waals surface area contributed by atoms with E-state index >= 15 is 0 Å². The van der Waals surface area contributed by atoms with Crippen LogP contribution in [0.1, 0.15) is 31.9 Å². The molecule has 4 heteroatoms. The maximum Gasteiger partial charge on any atom is 0.319 e. The smallest absolute Gasteiger partial charge is 0.319 e. The van der Waals surface area contributed by atoms with Gasteiger partial charge in [0, 0.05) is 17.3 Å². The Morgan fingerprint density at radius 2 is 1.59 bits per heavy atom. The van der Waals surface area contributed by atoms with Gasteiger partial charge in [-0.25, -0.2) is 4.79 Å². The van der Waals surface area contributed by atoms with Crippen LogP contribution in [0.15, 0.2) is 48.5 Å². The summed E-state index contributed by atoms with van der Waals surface area (Å²) in [6.45, 7) is 6.94. The van der Waals surface area contributed by atoms with Crippen molar-refractivity contribution in [3.05, 3.63) is 64.7 Å². The third-order valence-electron chi connectivity index (χ3n) is 3.38. The highest BCUT2D eigenvalue weighted by atomic mass is 35.5. The molecule has 2 aromatic rings. The number of carbonyl (C=O) groups is 1. The summed E-state index contributed by atoms with van der Waals surface area (Å²) in [5.74, 6) is 0. The van der Waals surface area contributed by atoms with Gasteiger partial charge in [-0.15, -0.1) is 0 Å². The number of benzene rings is 2. The van der Waals surface area contributed by atoms with Gasteiger partial charge in [-0.3, -0.25) is 0 Å². The van der Waals surface area contributed by atoms with Crippen LogP contribution in [0.4, 0.5) is 10.5 Å². The molecule has 3 nitrogen and oxygen atoms in total. The second kappa shape index (κ2) is 6.84. The average molecular weight is 317 g/mol. The van der Waals surface area contributed by atoms with Gasteiger partial charge in [0.2, 0.25) is 0 Å². The molecule has 0 unspecified atom stereocenters. The molecule has 0 fully saturated rings. The fourth-order valence-corrected chi connectivity index (χ4v) is 2.14. The molecular formula is C18H21ClN2O. The molecule has 0 saturated heterocycles. The van der Waals surface area contributed by atoms with Gasteiger partial charge in [-0.05, 0) is 40.8 Å². The maximum atomic E-state index is 11.9. The van der Waals surface area contributed by atoms with E-state index < -0.39 is 0 Å². The van der Waals surface area contributed by atoms with E-state index in [0.29, 0.717) is 11.6 Å². The van der Waals surface area contributed by atoms with Gasteiger partial charge < -0.3 is 10.6 Å². The number of urea groups is 1. The van der Waals surface area contributed by atoms with Crippen LogP contribution in [0.25, 0.3) is 0 Å². The number of hydrogen-bond acceptors (Lipinski definition) is 1. The zero-order valence-electron chi connectivity index (χ0n) is 13.1. The summed E-state index contributed by atoms with van der Waals surface area (Å²) in [4.78, 5) is 11.9. The third kappa shape index (κ3) is 4.78. The Kier molecular flexibility index (Phi) is 5.09. The summed E-state index contributed by atoms with van der Waals surface area (Å²) in [7, 11) is 0. The Balaban J connectivity index is 1.88. The molecule has 2 aromatic carbocycles. The minimum Gasteiger partial charge on any atom is -0.334 e. The number of carbonyl (C=O) groups excluding carboxylic acids is 1. The second-order valence-electron chi connectivity index (χ2n) is 6.26. The Morgan fingerprint density at radius 3 is 2.14 bits per heavy atom.